The lowest BCUT2D eigenvalue weighted by molar-refractivity contribution is -0.142. The third-order valence-electron chi connectivity index (χ3n) is 17.8. The van der Waals surface area contributed by atoms with Gasteiger partial charge in [0, 0.05) is 64.3 Å². The van der Waals surface area contributed by atoms with E-state index in [1.54, 1.807) is 19.1 Å². The number of carboxylic acid groups (broad SMARTS) is 1. The number of nitrogens with one attached hydrogen (secondary N) is 6. The molecule has 31 heteroatoms. The third kappa shape index (κ3) is 21.8. The zero-order chi connectivity index (χ0) is 79.5. The highest BCUT2D eigenvalue weighted by Gasteiger charge is 2.39. The lowest BCUT2D eigenvalue weighted by Crippen LogP contribution is -2.46. The van der Waals surface area contributed by atoms with Gasteiger partial charge in [-0.25, -0.2) is 31.8 Å². The number of nitrogen functional groups attached to an aromatic ring is 1. The molecular weight excluding hydrogens is 1550 g/mol. The topological polar surface area (TPSA) is 353 Å². The molecule has 0 atom stereocenters. The van der Waals surface area contributed by atoms with E-state index in [-0.39, 0.29) is 83.5 Å². The second-order valence-corrected chi connectivity index (χ2v) is 31.5. The van der Waals surface area contributed by atoms with Crippen LogP contribution in [0.4, 0.5) is 60.5 Å². The van der Waals surface area contributed by atoms with Crippen molar-refractivity contribution in [3.05, 3.63) is 184 Å². The Bertz CT molecular complexity index is 4600. The van der Waals surface area contributed by atoms with Gasteiger partial charge in [0.1, 0.15) is 52.1 Å². The maximum absolute atomic E-state index is 13.9. The number of nitrogens with zero attached hydrogens (tertiary/aromatic N) is 7. The Hall–Kier alpha value is -8.85. The van der Waals surface area contributed by atoms with Crippen LogP contribution in [0.2, 0.25) is 0 Å². The highest BCUT2D eigenvalue weighted by atomic mass is 79.9. The number of hydrazone groups is 1. The molecule has 0 saturated carbocycles. The van der Waals surface area contributed by atoms with E-state index in [1.807, 2.05) is 127 Å². The molecule has 7 heterocycles. The Balaban J connectivity index is 0.000000329. The molecule has 5 aliphatic rings. The van der Waals surface area contributed by atoms with Crippen LogP contribution < -0.4 is 55.2 Å². The van der Waals surface area contributed by atoms with Crippen molar-refractivity contribution in [2.24, 2.45) is 22.5 Å². The number of anilines is 6. The second kappa shape index (κ2) is 36.1. The summed E-state index contributed by atoms with van der Waals surface area (Å²) >= 11 is 11.8. The molecule has 0 radical (unpaired) electrons. The van der Waals surface area contributed by atoms with Gasteiger partial charge in [-0.2, -0.15) is 5.10 Å². The summed E-state index contributed by atoms with van der Waals surface area (Å²) in [5.41, 5.74) is 25.5. The fraction of sp³-hybridized carbons (Fsp3) is 0.416. The molecule has 1 amide bonds. The Labute approximate surface area is 651 Å². The average molecular weight is 1650 g/mol. The maximum atomic E-state index is 13.9. The molecule has 6 aromatic carbocycles. The van der Waals surface area contributed by atoms with E-state index in [1.165, 1.54) is 75.4 Å². The quantitative estimate of drug-likeness (QED) is 0.0252. The van der Waals surface area contributed by atoms with E-state index in [0.717, 1.165) is 130 Å². The summed E-state index contributed by atoms with van der Waals surface area (Å²) in [5, 5.41) is 45.3. The van der Waals surface area contributed by atoms with Crippen molar-refractivity contribution >= 4 is 106 Å². The molecule has 590 valence electrons. The zero-order valence-electron chi connectivity index (χ0n) is 63.5. The highest BCUT2D eigenvalue weighted by Crippen LogP contribution is 2.43. The second-order valence-electron chi connectivity index (χ2n) is 29.4. The SMILES string of the molecule is C.C.CC(=O)N/N=C1\Cc2c(C)cc(F)cc2NC1(C)C.CC(C)(N)C(=O)O.Cc1c(Br)c(F)cc2c1-n1c(C)nnc1C(C)(C)N2.Cc1cc(F)cc(Br)c1N.Cc1cc(F)cc2c1-n1c(C)nnc1C(C)(C)N2.Cc1cc(F)cc2c1CC(=O)C(C)(C)N2.Cc1cc(F)cc2c1CC(=S)C(C)(C)N2.NN.O. The van der Waals surface area contributed by atoms with E-state index in [2.05, 4.69) is 101 Å². The number of halogens is 8. The number of Topliss-reactive ketones (excluding diaryl/α,β-unsaturated/α-hetero) is 1. The number of benzene rings is 6. The van der Waals surface area contributed by atoms with Crippen LogP contribution in [0.5, 0.6) is 0 Å². The standard InChI is InChI=1S/C14H18FN3O.C13H14BrFN4.C13H15FN4.C12H14FNO.C12H14FNS.C7H7BrFN.C4H9NO2.2CH4.H4N2.H2O/c1-8-5-10(15)6-12-11(8)7-13(14(3,4)16-12)18-17-9(2)19;1-6-10(14)8(15)5-9-11(6)19-7(2)17-18-12(19)13(3,4)16-9;1-7-5-9(14)6-10-11(7)18-8(2)16-17-12(18)13(3,4)15-10;2*1-7-4-8(13)5-10-9(7)6-11(15)12(2,3)14-10;1-4-2-5(9)3-6(8)7(4)10;1-4(2,5)3(6)7;;;1-2;/h5-6,16H,7H2,1-4H3,(H,17,19);5,16H,1-4H3;5-6,15H,1-4H3;2*4-5,14H,6H2,1-3H3;2-3H,10H2,1H3;5H2,1-2H3,(H,6,7);2*1H4;1-2H2;1H2/b18-13+;;;;;;;;;;. The molecule has 22 nitrogen and oxygen atoms in total. The van der Waals surface area contributed by atoms with Gasteiger partial charge in [0.25, 0.3) is 0 Å². The number of hydrogen-bond donors (Lipinski definition) is 11. The normalized spacial score (nSPS) is 15.5. The first-order valence-electron chi connectivity index (χ1n) is 33.3. The molecule has 0 bridgehead atoms. The Morgan fingerprint density at radius 3 is 1.32 bits per heavy atom. The van der Waals surface area contributed by atoms with Gasteiger partial charge in [-0.1, -0.05) is 27.1 Å². The van der Waals surface area contributed by atoms with Crippen molar-refractivity contribution in [2.75, 3.05) is 32.3 Å². The molecule has 0 saturated heterocycles. The lowest BCUT2D eigenvalue weighted by atomic mass is 9.85. The number of amides is 1. The number of ketones is 1. The number of thiocarbonyl (C=S) groups is 1. The summed E-state index contributed by atoms with van der Waals surface area (Å²) in [6.07, 6.45) is 1.75. The minimum atomic E-state index is -1.08. The molecule has 13 rings (SSSR count). The molecule has 0 fully saturated rings. The van der Waals surface area contributed by atoms with Crippen LogP contribution in [0.3, 0.4) is 0 Å². The molecule has 17 N–H and O–H groups in total. The van der Waals surface area contributed by atoms with Crippen LogP contribution >= 0.6 is 44.1 Å². The monoisotopic (exact) mass is 1650 g/mol. The molecule has 2 aromatic heterocycles. The molecule has 5 aliphatic heterocycles. The van der Waals surface area contributed by atoms with Gasteiger partial charge in [0.15, 0.2) is 17.4 Å². The van der Waals surface area contributed by atoms with Gasteiger partial charge in [-0.3, -0.25) is 35.2 Å². The van der Waals surface area contributed by atoms with Crippen molar-refractivity contribution < 1.29 is 51.3 Å². The maximum Gasteiger partial charge on any atom is 0.323 e. The number of rotatable bonds is 2. The minimum Gasteiger partial charge on any atom is -0.480 e. The summed E-state index contributed by atoms with van der Waals surface area (Å²) in [7, 11) is 0. The first-order valence-corrected chi connectivity index (χ1v) is 35.3. The molecule has 0 unspecified atom stereocenters. The van der Waals surface area contributed by atoms with Gasteiger partial charge < -0.3 is 48.6 Å². The predicted molar refractivity (Wildman–Crippen MR) is 434 cm³/mol. The Kier molecular flexibility index (Phi) is 31.2. The van der Waals surface area contributed by atoms with Crippen LogP contribution in [-0.4, -0.2) is 90.5 Å². The van der Waals surface area contributed by atoms with Crippen LogP contribution in [0, 0.1) is 90.3 Å². The van der Waals surface area contributed by atoms with Gasteiger partial charge in [-0.15, -0.1) is 20.4 Å². The number of carbonyl (C=O) groups excluding carboxylic acids is 2. The molecule has 108 heavy (non-hydrogen) atoms. The summed E-state index contributed by atoms with van der Waals surface area (Å²) in [6, 6.07) is 16.3. The van der Waals surface area contributed by atoms with E-state index in [0.29, 0.717) is 27.5 Å². The molecular formula is C77H105Br2F6N17O5S. The van der Waals surface area contributed by atoms with Crippen molar-refractivity contribution in [2.45, 2.75) is 213 Å². The average Bonchev–Trinajstić information content (AvgIpc) is 1.50. The number of nitrogens with two attached hydrogens (primary N) is 4. The fourth-order valence-electron chi connectivity index (χ4n) is 11.9. The summed E-state index contributed by atoms with van der Waals surface area (Å²) in [4.78, 5) is 33.6. The smallest absolute Gasteiger partial charge is 0.323 e. The van der Waals surface area contributed by atoms with E-state index in [9.17, 15) is 40.7 Å². The summed E-state index contributed by atoms with van der Waals surface area (Å²) in [5.74, 6) is 8.79. The third-order valence-corrected chi connectivity index (χ3v) is 20.1. The molecule has 8 aromatic rings. The molecule has 0 aliphatic carbocycles. The summed E-state index contributed by atoms with van der Waals surface area (Å²) < 4.78 is 84.9. The van der Waals surface area contributed by atoms with Gasteiger partial charge >= 0.3 is 5.97 Å². The first-order chi connectivity index (χ1) is 48.4. The summed E-state index contributed by atoms with van der Waals surface area (Å²) in [6.45, 7) is 38.9. The van der Waals surface area contributed by atoms with Gasteiger partial charge in [0.2, 0.25) is 5.91 Å². The van der Waals surface area contributed by atoms with Crippen molar-refractivity contribution in [1.82, 2.24) is 35.0 Å². The molecule has 0 spiro atoms. The Morgan fingerprint density at radius 2 is 0.898 bits per heavy atom. The van der Waals surface area contributed by atoms with Crippen LogP contribution in [0.25, 0.3) is 11.4 Å². The van der Waals surface area contributed by atoms with Crippen molar-refractivity contribution in [3.63, 3.8) is 0 Å². The van der Waals surface area contributed by atoms with Crippen molar-refractivity contribution in [3.8, 4) is 11.4 Å². The van der Waals surface area contributed by atoms with E-state index >= 15 is 0 Å². The number of hydrogen-bond acceptors (Lipinski definition) is 18. The van der Waals surface area contributed by atoms with E-state index in [4.69, 9.17) is 28.8 Å². The first kappa shape index (κ1) is 93.4. The fourth-order valence-corrected chi connectivity index (χ4v) is 12.9. The number of aliphatic carboxylic acids is 1. The minimum absolute atomic E-state index is 0. The predicted octanol–water partition coefficient (Wildman–Crippen LogP) is 15.8. The number of carbonyl (C=O) groups is 3. The number of fused-ring (bicyclic) bond motifs is 9. The Morgan fingerprint density at radius 1 is 0.546 bits per heavy atom. The highest BCUT2D eigenvalue weighted by molar-refractivity contribution is 9.11. The van der Waals surface area contributed by atoms with Gasteiger partial charge in [0.05, 0.1) is 60.6 Å². The number of aryl methyl sites for hydroxylation is 7. The lowest BCUT2D eigenvalue weighted by Gasteiger charge is -2.35. The van der Waals surface area contributed by atoms with Gasteiger partial charge in [-0.05, 0) is 281 Å². The number of carboxylic acids is 1. The van der Waals surface area contributed by atoms with Crippen LogP contribution in [0.1, 0.15) is 178 Å². The van der Waals surface area contributed by atoms with E-state index < -0.39 is 22.6 Å². The van der Waals surface area contributed by atoms with Crippen LogP contribution in [0.15, 0.2) is 80.8 Å². The number of aromatic nitrogens is 6. The largest absolute Gasteiger partial charge is 0.480 e. The van der Waals surface area contributed by atoms with Crippen molar-refractivity contribution in [1.29, 1.82) is 0 Å². The number of hydrazine groups is 1. The van der Waals surface area contributed by atoms with Crippen LogP contribution in [-0.2, 0) is 44.7 Å². The zero-order valence-corrected chi connectivity index (χ0v) is 67.5.